The molecule has 0 aliphatic rings. The van der Waals surface area contributed by atoms with Crippen LogP contribution in [0.5, 0.6) is 5.75 Å². The van der Waals surface area contributed by atoms with Gasteiger partial charge in [-0.05, 0) is 51.0 Å². The summed E-state index contributed by atoms with van der Waals surface area (Å²) in [5.74, 6) is 0.746. The molecule has 3 rings (SSSR count). The Kier molecular flexibility index (Phi) is 6.39. The van der Waals surface area contributed by atoms with Gasteiger partial charge in [0.1, 0.15) is 11.4 Å². The number of aryl methyl sites for hydroxylation is 1. The van der Waals surface area contributed by atoms with E-state index >= 15 is 0 Å². The number of aliphatic hydroxyl groups excluding tert-OH is 2. The molecule has 6 heteroatoms. The second kappa shape index (κ2) is 8.78. The molecule has 0 saturated heterocycles. The van der Waals surface area contributed by atoms with Gasteiger partial charge in [0.2, 0.25) is 0 Å². The fraction of sp³-hybridized carbons (Fsp3) is 0.318. The molecule has 0 amide bonds. The van der Waals surface area contributed by atoms with E-state index in [0.29, 0.717) is 23.6 Å². The molecule has 2 atom stereocenters. The molecular weight excluding hydrogens is 376 g/mol. The normalized spacial score (nSPS) is 13.4. The number of hydrogen-bond acceptors (Lipinski definition) is 4. The van der Waals surface area contributed by atoms with E-state index < -0.39 is 12.2 Å². The molecular formula is C22H25ClN2O3. The lowest BCUT2D eigenvalue weighted by atomic mass is 10.1. The molecule has 1 heterocycles. The summed E-state index contributed by atoms with van der Waals surface area (Å²) in [5.41, 5.74) is 4.00. The molecule has 2 N–H and O–H groups in total. The minimum atomic E-state index is -0.856. The van der Waals surface area contributed by atoms with Crippen LogP contribution in [0.1, 0.15) is 37.1 Å². The van der Waals surface area contributed by atoms with Crippen molar-refractivity contribution in [2.75, 3.05) is 7.11 Å². The molecule has 148 valence electrons. The van der Waals surface area contributed by atoms with Gasteiger partial charge >= 0.3 is 0 Å². The van der Waals surface area contributed by atoms with Crippen LogP contribution >= 0.6 is 11.6 Å². The molecule has 0 aliphatic heterocycles. The molecule has 3 aromatic rings. The van der Waals surface area contributed by atoms with Gasteiger partial charge in [-0.2, -0.15) is 5.10 Å². The number of nitrogens with zero attached hydrogens (tertiary/aromatic N) is 2. The van der Waals surface area contributed by atoms with Crippen molar-refractivity contribution in [2.24, 2.45) is 0 Å². The first-order valence-electron chi connectivity index (χ1n) is 9.26. The molecule has 2 aromatic carbocycles. The van der Waals surface area contributed by atoms with Crippen molar-refractivity contribution in [3.63, 3.8) is 0 Å². The highest BCUT2D eigenvalue weighted by Crippen LogP contribution is 2.37. The van der Waals surface area contributed by atoms with Crippen molar-refractivity contribution in [3.05, 3.63) is 64.8 Å². The Morgan fingerprint density at radius 2 is 1.68 bits per heavy atom. The Morgan fingerprint density at radius 1 is 1.04 bits per heavy atom. The van der Waals surface area contributed by atoms with Crippen LogP contribution in [0.25, 0.3) is 16.9 Å². The smallest absolute Gasteiger partial charge is 0.119 e. The molecule has 0 bridgehead atoms. The van der Waals surface area contributed by atoms with Crippen LogP contribution in [0.4, 0.5) is 0 Å². The first kappa shape index (κ1) is 20.4. The Morgan fingerprint density at radius 3 is 2.25 bits per heavy atom. The molecule has 0 aliphatic carbocycles. The molecule has 1 aromatic heterocycles. The largest absolute Gasteiger partial charge is 0.497 e. The van der Waals surface area contributed by atoms with Gasteiger partial charge in [0.25, 0.3) is 0 Å². The maximum absolute atomic E-state index is 10.6. The molecule has 0 radical (unpaired) electrons. The maximum atomic E-state index is 10.6. The van der Waals surface area contributed by atoms with E-state index in [2.05, 4.69) is 5.10 Å². The monoisotopic (exact) mass is 400 g/mol. The average Bonchev–Trinajstić information content (AvgIpc) is 3.04. The number of rotatable bonds is 7. The van der Waals surface area contributed by atoms with Crippen molar-refractivity contribution in [3.8, 4) is 22.7 Å². The van der Waals surface area contributed by atoms with E-state index in [1.54, 1.807) is 18.7 Å². The molecule has 5 nitrogen and oxygen atoms in total. The van der Waals surface area contributed by atoms with Gasteiger partial charge in [-0.25, -0.2) is 4.68 Å². The van der Waals surface area contributed by atoms with E-state index in [0.717, 1.165) is 28.3 Å². The molecule has 2 unspecified atom stereocenters. The Hall–Kier alpha value is -2.34. The highest BCUT2D eigenvalue weighted by atomic mass is 35.5. The van der Waals surface area contributed by atoms with Crippen LogP contribution in [0, 0.1) is 6.92 Å². The summed E-state index contributed by atoms with van der Waals surface area (Å²) in [6.07, 6.45) is -0.503. The van der Waals surface area contributed by atoms with Crippen molar-refractivity contribution < 1.29 is 14.9 Å². The van der Waals surface area contributed by atoms with Crippen LogP contribution in [-0.2, 0) is 0 Å². The van der Waals surface area contributed by atoms with Crippen LogP contribution in [0.15, 0.2) is 48.5 Å². The second-order valence-corrected chi connectivity index (χ2v) is 7.34. The lowest BCUT2D eigenvalue weighted by Crippen LogP contribution is -2.06. The van der Waals surface area contributed by atoms with Crippen LogP contribution in [-0.4, -0.2) is 33.2 Å². The number of methoxy groups -OCH3 is 1. The third kappa shape index (κ3) is 4.38. The summed E-state index contributed by atoms with van der Waals surface area (Å²) in [4.78, 5) is 0. The third-order valence-electron chi connectivity index (χ3n) is 4.67. The summed E-state index contributed by atoms with van der Waals surface area (Å²) < 4.78 is 6.98. The van der Waals surface area contributed by atoms with Gasteiger partial charge in [0, 0.05) is 5.56 Å². The highest BCUT2D eigenvalue weighted by Gasteiger charge is 2.24. The quantitative estimate of drug-likeness (QED) is 0.603. The number of ether oxygens (including phenoxy) is 1. The maximum Gasteiger partial charge on any atom is 0.119 e. The lowest BCUT2D eigenvalue weighted by molar-refractivity contribution is 0.120. The van der Waals surface area contributed by atoms with E-state index in [-0.39, 0.29) is 0 Å². The minimum absolute atomic E-state index is 0.379. The predicted molar refractivity (Wildman–Crippen MR) is 111 cm³/mol. The van der Waals surface area contributed by atoms with Crippen molar-refractivity contribution in [1.82, 2.24) is 9.78 Å². The zero-order valence-electron chi connectivity index (χ0n) is 16.3. The van der Waals surface area contributed by atoms with Crippen molar-refractivity contribution in [2.45, 2.75) is 38.9 Å². The van der Waals surface area contributed by atoms with Gasteiger partial charge in [0.15, 0.2) is 0 Å². The summed E-state index contributed by atoms with van der Waals surface area (Å²) in [7, 11) is 1.62. The first-order chi connectivity index (χ1) is 13.4. The first-order valence-corrected chi connectivity index (χ1v) is 9.64. The van der Waals surface area contributed by atoms with Crippen LogP contribution in [0.2, 0.25) is 5.02 Å². The van der Waals surface area contributed by atoms with Crippen molar-refractivity contribution >= 4 is 11.6 Å². The number of aromatic nitrogens is 2. The second-order valence-electron chi connectivity index (χ2n) is 6.97. The SMILES string of the molecule is COc1ccc(-n2nc(C(O)CCC(C)O)c(Cl)c2-c2ccc(C)cc2)cc1. The number of aliphatic hydroxyl groups is 2. The minimum Gasteiger partial charge on any atom is -0.497 e. The Bertz CT molecular complexity index is 918. The average molecular weight is 401 g/mol. The van der Waals surface area contributed by atoms with Gasteiger partial charge in [-0.15, -0.1) is 0 Å². The summed E-state index contributed by atoms with van der Waals surface area (Å²) >= 11 is 6.69. The fourth-order valence-corrected chi connectivity index (χ4v) is 3.39. The number of halogens is 1. The topological polar surface area (TPSA) is 67.5 Å². The zero-order valence-corrected chi connectivity index (χ0v) is 17.0. The van der Waals surface area contributed by atoms with Gasteiger partial charge in [-0.1, -0.05) is 41.4 Å². The predicted octanol–water partition coefficient (Wildman–Crippen LogP) is 4.70. The summed E-state index contributed by atoms with van der Waals surface area (Å²) in [6.45, 7) is 3.72. The summed E-state index contributed by atoms with van der Waals surface area (Å²) in [5, 5.41) is 25.2. The van der Waals surface area contributed by atoms with E-state index in [1.165, 1.54) is 0 Å². The Balaban J connectivity index is 2.09. The van der Waals surface area contributed by atoms with E-state index in [9.17, 15) is 10.2 Å². The highest BCUT2D eigenvalue weighted by molar-refractivity contribution is 6.33. The van der Waals surface area contributed by atoms with Gasteiger partial charge in [0.05, 0.1) is 35.7 Å². The van der Waals surface area contributed by atoms with Gasteiger partial charge < -0.3 is 14.9 Å². The van der Waals surface area contributed by atoms with Crippen LogP contribution < -0.4 is 4.74 Å². The Labute approximate surface area is 170 Å². The van der Waals surface area contributed by atoms with Crippen LogP contribution in [0.3, 0.4) is 0 Å². The molecule has 0 saturated carbocycles. The van der Waals surface area contributed by atoms with Crippen molar-refractivity contribution in [1.29, 1.82) is 0 Å². The number of benzene rings is 2. The fourth-order valence-electron chi connectivity index (χ4n) is 3.04. The van der Waals surface area contributed by atoms with Gasteiger partial charge in [-0.3, -0.25) is 0 Å². The van der Waals surface area contributed by atoms with E-state index in [1.807, 2.05) is 55.5 Å². The number of hydrogen-bond donors (Lipinski definition) is 2. The molecule has 0 fully saturated rings. The zero-order chi connectivity index (χ0) is 20.3. The molecule has 0 spiro atoms. The van der Waals surface area contributed by atoms with E-state index in [4.69, 9.17) is 16.3 Å². The third-order valence-corrected chi connectivity index (χ3v) is 5.04. The molecule has 28 heavy (non-hydrogen) atoms. The standard InChI is InChI=1S/C22H25ClN2O3/c1-14-4-7-16(8-5-14)22-20(23)21(19(27)13-6-15(2)26)24-25(22)17-9-11-18(28-3)12-10-17/h4-5,7-12,15,19,26-27H,6,13H2,1-3H3. The lowest BCUT2D eigenvalue weighted by Gasteiger charge is -2.09. The summed E-state index contributed by atoms with van der Waals surface area (Å²) in [6, 6.07) is 15.5.